The number of aryl methyl sites for hydroxylation is 2. The van der Waals surface area contributed by atoms with E-state index in [0.29, 0.717) is 31.0 Å². The van der Waals surface area contributed by atoms with Crippen LogP contribution in [0.4, 0.5) is 0 Å². The summed E-state index contributed by atoms with van der Waals surface area (Å²) in [7, 11) is 1.71. The number of nitrogens with zero attached hydrogens (tertiary/aromatic N) is 3. The molecule has 6 heteroatoms. The van der Waals surface area contributed by atoms with Gasteiger partial charge < -0.3 is 18.6 Å². The molecule has 1 atom stereocenters. The van der Waals surface area contributed by atoms with E-state index in [1.807, 2.05) is 31.1 Å². The minimum atomic E-state index is 0.0119. The van der Waals surface area contributed by atoms with E-state index in [1.165, 1.54) is 18.5 Å². The van der Waals surface area contributed by atoms with Crippen LogP contribution in [-0.2, 0) is 17.8 Å². The maximum atomic E-state index is 13.0. The fourth-order valence-electron chi connectivity index (χ4n) is 3.85. The van der Waals surface area contributed by atoms with Crippen LogP contribution < -0.4 is 0 Å². The number of fused-ring (bicyclic) bond motifs is 1. The summed E-state index contributed by atoms with van der Waals surface area (Å²) in [6, 6.07) is 1.82. The van der Waals surface area contributed by atoms with Crippen molar-refractivity contribution in [1.82, 2.24) is 14.5 Å². The molecule has 0 radical (unpaired) electrons. The van der Waals surface area contributed by atoms with Crippen LogP contribution in [0.1, 0.15) is 52.0 Å². The number of amides is 1. The first-order valence-corrected chi connectivity index (χ1v) is 8.96. The van der Waals surface area contributed by atoms with Gasteiger partial charge in [-0.3, -0.25) is 4.79 Å². The Kier molecular flexibility index (Phi) is 4.15. The highest BCUT2D eigenvalue weighted by Gasteiger charge is 2.34. The number of methoxy groups -OCH3 is 1. The molecule has 1 aliphatic carbocycles. The Bertz CT molecular complexity index is 788. The Morgan fingerprint density at radius 2 is 2.20 bits per heavy atom. The van der Waals surface area contributed by atoms with Crippen LogP contribution in [0.2, 0.25) is 0 Å². The van der Waals surface area contributed by atoms with Crippen molar-refractivity contribution in [2.75, 3.05) is 20.3 Å². The number of aromatic nitrogens is 2. The van der Waals surface area contributed by atoms with Crippen molar-refractivity contribution in [3.8, 4) is 0 Å². The van der Waals surface area contributed by atoms with Gasteiger partial charge in [-0.1, -0.05) is 0 Å². The van der Waals surface area contributed by atoms with E-state index in [0.717, 1.165) is 23.9 Å². The van der Waals surface area contributed by atoms with E-state index in [-0.39, 0.29) is 11.8 Å². The lowest BCUT2D eigenvalue weighted by molar-refractivity contribution is 0.0670. The molecule has 0 bridgehead atoms. The third-order valence-corrected chi connectivity index (χ3v) is 5.20. The molecule has 2 aliphatic rings. The van der Waals surface area contributed by atoms with Gasteiger partial charge in [0, 0.05) is 31.8 Å². The van der Waals surface area contributed by atoms with Crippen molar-refractivity contribution < 1.29 is 13.9 Å². The lowest BCUT2D eigenvalue weighted by atomic mass is 9.98. The van der Waals surface area contributed by atoms with Gasteiger partial charge in [0.2, 0.25) is 0 Å². The van der Waals surface area contributed by atoms with Gasteiger partial charge in [-0.25, -0.2) is 4.98 Å². The number of furan rings is 1. The zero-order chi connectivity index (χ0) is 17.6. The van der Waals surface area contributed by atoms with E-state index in [2.05, 4.69) is 9.55 Å². The second-order valence-corrected chi connectivity index (χ2v) is 7.34. The molecule has 1 amide bonds. The Balaban J connectivity index is 1.61. The Hall–Kier alpha value is -2.08. The largest absolute Gasteiger partial charge is 0.466 e. The first-order chi connectivity index (χ1) is 12.1. The van der Waals surface area contributed by atoms with Crippen LogP contribution >= 0.6 is 0 Å². The number of hydrogen-bond acceptors (Lipinski definition) is 4. The molecule has 1 saturated carbocycles. The zero-order valence-electron chi connectivity index (χ0n) is 15.1. The Morgan fingerprint density at radius 3 is 2.84 bits per heavy atom. The van der Waals surface area contributed by atoms with Crippen molar-refractivity contribution in [1.29, 1.82) is 0 Å². The molecule has 2 aromatic heterocycles. The minimum absolute atomic E-state index is 0.0119. The van der Waals surface area contributed by atoms with Crippen LogP contribution in [-0.4, -0.2) is 40.6 Å². The van der Waals surface area contributed by atoms with Gasteiger partial charge in [0.25, 0.3) is 5.91 Å². The fourth-order valence-corrected chi connectivity index (χ4v) is 3.85. The molecule has 1 aliphatic heterocycles. The molecule has 4 rings (SSSR count). The van der Waals surface area contributed by atoms with Crippen molar-refractivity contribution >= 4 is 5.91 Å². The predicted octanol–water partition coefficient (Wildman–Crippen LogP) is 2.89. The lowest BCUT2D eigenvalue weighted by Gasteiger charge is -2.33. The van der Waals surface area contributed by atoms with Crippen LogP contribution in [0.25, 0.3) is 0 Å². The zero-order valence-corrected chi connectivity index (χ0v) is 15.1. The van der Waals surface area contributed by atoms with Gasteiger partial charge in [0.05, 0.1) is 30.7 Å². The van der Waals surface area contributed by atoms with Crippen molar-refractivity contribution in [3.05, 3.63) is 40.9 Å². The highest BCUT2D eigenvalue weighted by Crippen LogP contribution is 2.35. The number of rotatable bonds is 5. The number of carbonyl (C=O) groups excluding carboxylic acids is 1. The first-order valence-electron chi connectivity index (χ1n) is 8.96. The summed E-state index contributed by atoms with van der Waals surface area (Å²) in [5.41, 5.74) is 2.90. The van der Waals surface area contributed by atoms with Gasteiger partial charge in [0.15, 0.2) is 0 Å². The Morgan fingerprint density at radius 1 is 1.40 bits per heavy atom. The van der Waals surface area contributed by atoms with E-state index in [1.54, 1.807) is 7.11 Å². The maximum absolute atomic E-state index is 13.0. The van der Waals surface area contributed by atoms with Crippen LogP contribution in [0.15, 0.2) is 16.8 Å². The topological polar surface area (TPSA) is 60.5 Å². The number of imidazole rings is 1. The fraction of sp³-hybridized carbons (Fsp3) is 0.579. The molecule has 3 heterocycles. The summed E-state index contributed by atoms with van der Waals surface area (Å²) >= 11 is 0. The normalized spacial score (nSPS) is 20.0. The van der Waals surface area contributed by atoms with Crippen molar-refractivity contribution in [2.45, 2.75) is 45.7 Å². The highest BCUT2D eigenvalue weighted by molar-refractivity contribution is 5.95. The van der Waals surface area contributed by atoms with Crippen molar-refractivity contribution in [3.63, 3.8) is 0 Å². The molecule has 6 nitrogen and oxygen atoms in total. The minimum Gasteiger partial charge on any atom is -0.466 e. The summed E-state index contributed by atoms with van der Waals surface area (Å²) in [6.45, 7) is 6.54. The summed E-state index contributed by atoms with van der Waals surface area (Å²) in [5.74, 6) is 2.40. The van der Waals surface area contributed by atoms with Gasteiger partial charge >= 0.3 is 0 Å². The number of hydrogen-bond donors (Lipinski definition) is 0. The molecule has 0 saturated heterocycles. The van der Waals surface area contributed by atoms with E-state index in [9.17, 15) is 4.79 Å². The quantitative estimate of drug-likeness (QED) is 0.837. The second kappa shape index (κ2) is 6.33. The van der Waals surface area contributed by atoms with E-state index < -0.39 is 0 Å². The maximum Gasteiger partial charge on any atom is 0.257 e. The average molecular weight is 343 g/mol. The van der Waals surface area contributed by atoms with Crippen molar-refractivity contribution in [2.24, 2.45) is 5.92 Å². The summed E-state index contributed by atoms with van der Waals surface area (Å²) in [5, 5.41) is 0. The van der Waals surface area contributed by atoms with Gasteiger partial charge in [0.1, 0.15) is 11.5 Å². The third kappa shape index (κ3) is 3.11. The number of ether oxygens (including phenoxy) is 1. The first kappa shape index (κ1) is 16.4. The molecule has 0 unspecified atom stereocenters. The highest BCUT2D eigenvalue weighted by atomic mass is 16.5. The predicted molar refractivity (Wildman–Crippen MR) is 92.5 cm³/mol. The van der Waals surface area contributed by atoms with Crippen LogP contribution in [0.3, 0.4) is 0 Å². The molecule has 2 aromatic rings. The smallest absolute Gasteiger partial charge is 0.257 e. The molecule has 0 aromatic carbocycles. The molecule has 1 fully saturated rings. The molecule has 134 valence electrons. The lowest BCUT2D eigenvalue weighted by Crippen LogP contribution is -2.40. The summed E-state index contributed by atoms with van der Waals surface area (Å²) in [4.78, 5) is 19.5. The summed E-state index contributed by atoms with van der Waals surface area (Å²) in [6.07, 6.45) is 4.56. The van der Waals surface area contributed by atoms with Crippen LogP contribution in [0, 0.1) is 19.8 Å². The molecule has 25 heavy (non-hydrogen) atoms. The molecule has 0 spiro atoms. The molecular weight excluding hydrogens is 318 g/mol. The number of carbonyl (C=O) groups is 1. The molecule has 0 N–H and O–H groups in total. The SMILES string of the molecule is COC[C@@H]1CN(C(=O)c2cc(C)oc2C)Cc2ncn(CC3CC3)c21. The van der Waals surface area contributed by atoms with Gasteiger partial charge in [-0.15, -0.1) is 0 Å². The van der Waals surface area contributed by atoms with E-state index >= 15 is 0 Å². The molecular formula is C19H25N3O3. The third-order valence-electron chi connectivity index (χ3n) is 5.20. The Labute approximate surface area is 147 Å². The van der Waals surface area contributed by atoms with Gasteiger partial charge in [-0.2, -0.15) is 0 Å². The van der Waals surface area contributed by atoms with E-state index in [4.69, 9.17) is 9.15 Å². The monoisotopic (exact) mass is 343 g/mol. The van der Waals surface area contributed by atoms with Crippen LogP contribution in [0.5, 0.6) is 0 Å². The standard InChI is InChI=1S/C19H25N3O3/c1-12-6-16(13(2)25-12)19(23)21-8-15(10-24-3)18-17(9-21)20-11-22(18)7-14-4-5-14/h6,11,14-15H,4-5,7-10H2,1-3H3/t15-/m0/s1. The second-order valence-electron chi connectivity index (χ2n) is 7.34. The summed E-state index contributed by atoms with van der Waals surface area (Å²) < 4.78 is 13.3. The van der Waals surface area contributed by atoms with Gasteiger partial charge in [-0.05, 0) is 38.7 Å². The average Bonchev–Trinajstić information content (AvgIpc) is 3.20.